The van der Waals surface area contributed by atoms with Crippen molar-refractivity contribution in [2.24, 2.45) is 0 Å². The van der Waals surface area contributed by atoms with Gasteiger partial charge in [0, 0.05) is 0 Å². The molecule has 0 saturated heterocycles. The Hall–Kier alpha value is -2.96. The van der Waals surface area contributed by atoms with E-state index in [0.29, 0.717) is 5.56 Å². The summed E-state index contributed by atoms with van der Waals surface area (Å²) < 4.78 is 5.81. The average Bonchev–Trinajstić information content (AvgIpc) is 2.82. The minimum atomic E-state index is -0.744. The van der Waals surface area contributed by atoms with Crippen LogP contribution in [0.1, 0.15) is 42.5 Å². The minimum Gasteiger partial charge on any atom is -0.442 e. The lowest BCUT2D eigenvalue weighted by molar-refractivity contribution is -0.00663. The highest BCUT2D eigenvalue weighted by Gasteiger charge is 2.34. The fourth-order valence-corrected chi connectivity index (χ4v) is 5.97. The molecule has 0 aliphatic heterocycles. The normalized spacial score (nSPS) is 15.3. The smallest absolute Gasteiger partial charge is 0.339 e. The molecule has 1 fully saturated rings. The molecule has 1 aliphatic carbocycles. The molecule has 0 spiro atoms. The first kappa shape index (κ1) is 20.3. The summed E-state index contributed by atoms with van der Waals surface area (Å²) in [5.41, 5.74) is -0.199. The molecule has 3 aromatic carbocycles. The van der Waals surface area contributed by atoms with Gasteiger partial charge in [-0.15, -0.1) is 6.42 Å². The Morgan fingerprint density at radius 3 is 1.77 bits per heavy atom. The van der Waals surface area contributed by atoms with Crippen LogP contribution < -0.4 is 0 Å². The molecular formula is C27H25O2S+. The largest absolute Gasteiger partial charge is 0.442 e. The van der Waals surface area contributed by atoms with Crippen molar-refractivity contribution in [2.75, 3.05) is 0 Å². The fraction of sp³-hybridized carbons (Fsp3) is 0.222. The lowest BCUT2D eigenvalue weighted by atomic mass is 9.85. The predicted octanol–water partition coefficient (Wildman–Crippen LogP) is 6.27. The summed E-state index contributed by atoms with van der Waals surface area (Å²) in [6.45, 7) is 0. The van der Waals surface area contributed by atoms with Crippen LogP contribution in [0.5, 0.6) is 0 Å². The molecular weight excluding hydrogens is 388 g/mol. The second kappa shape index (κ2) is 9.24. The molecule has 3 aromatic rings. The molecule has 1 aliphatic rings. The summed E-state index contributed by atoms with van der Waals surface area (Å²) in [4.78, 5) is 16.4. The molecule has 0 unspecified atom stereocenters. The zero-order valence-corrected chi connectivity index (χ0v) is 17.7. The Morgan fingerprint density at radius 1 is 0.767 bits per heavy atom. The number of carbonyl (C=O) groups is 1. The standard InChI is InChI=1S/C27H25O2S/c1-2-27(20-10-5-11-21-27)29-26(28)22-16-18-25(19-17-22)30(23-12-6-3-7-13-23)24-14-8-4-9-15-24/h1,3-4,6-9,12-19H,5,10-11,20-21H2/q+1. The lowest BCUT2D eigenvalue weighted by Gasteiger charge is -2.31. The highest BCUT2D eigenvalue weighted by Crippen LogP contribution is 2.33. The summed E-state index contributed by atoms with van der Waals surface area (Å²) in [6.07, 6.45) is 10.4. The molecule has 2 nitrogen and oxygen atoms in total. The van der Waals surface area contributed by atoms with Gasteiger partial charge in [0.15, 0.2) is 20.3 Å². The summed E-state index contributed by atoms with van der Waals surface area (Å²) in [6, 6.07) is 28.7. The van der Waals surface area contributed by atoms with Gasteiger partial charge in [-0.05, 0) is 74.2 Å². The van der Waals surface area contributed by atoms with Gasteiger partial charge < -0.3 is 4.74 Å². The maximum Gasteiger partial charge on any atom is 0.339 e. The average molecular weight is 414 g/mol. The highest BCUT2D eigenvalue weighted by atomic mass is 32.2. The van der Waals surface area contributed by atoms with Gasteiger partial charge in [0.25, 0.3) is 0 Å². The van der Waals surface area contributed by atoms with Crippen LogP contribution in [-0.2, 0) is 15.6 Å². The predicted molar refractivity (Wildman–Crippen MR) is 122 cm³/mol. The van der Waals surface area contributed by atoms with Crippen LogP contribution in [-0.4, -0.2) is 11.6 Å². The number of esters is 1. The summed E-state index contributed by atoms with van der Waals surface area (Å²) in [7, 11) is -0.237. The van der Waals surface area contributed by atoms with Gasteiger partial charge in [-0.2, -0.15) is 0 Å². The molecule has 0 radical (unpaired) electrons. The van der Waals surface area contributed by atoms with E-state index in [4.69, 9.17) is 11.2 Å². The third-order valence-electron chi connectivity index (χ3n) is 5.50. The van der Waals surface area contributed by atoms with Crippen molar-refractivity contribution in [1.82, 2.24) is 0 Å². The molecule has 3 heteroatoms. The molecule has 0 bridgehead atoms. The second-order valence-corrected chi connectivity index (χ2v) is 9.57. The zero-order chi connectivity index (χ0) is 20.8. The van der Waals surface area contributed by atoms with Crippen LogP contribution in [0.4, 0.5) is 0 Å². The third kappa shape index (κ3) is 4.45. The van der Waals surface area contributed by atoms with Crippen molar-refractivity contribution < 1.29 is 9.53 Å². The zero-order valence-electron chi connectivity index (χ0n) is 16.9. The number of hydrogen-bond acceptors (Lipinski definition) is 2. The van der Waals surface area contributed by atoms with E-state index in [0.717, 1.165) is 37.0 Å². The van der Waals surface area contributed by atoms with Gasteiger partial charge in [-0.3, -0.25) is 0 Å². The number of rotatable bonds is 5. The molecule has 0 amide bonds. The van der Waals surface area contributed by atoms with Crippen molar-refractivity contribution in [1.29, 1.82) is 0 Å². The van der Waals surface area contributed by atoms with Crippen LogP contribution in [0.15, 0.2) is 99.6 Å². The van der Waals surface area contributed by atoms with E-state index in [-0.39, 0.29) is 16.9 Å². The first-order chi connectivity index (χ1) is 14.7. The highest BCUT2D eigenvalue weighted by molar-refractivity contribution is 7.97. The van der Waals surface area contributed by atoms with Crippen LogP contribution in [0, 0.1) is 12.3 Å². The van der Waals surface area contributed by atoms with E-state index in [1.165, 1.54) is 9.79 Å². The van der Waals surface area contributed by atoms with E-state index < -0.39 is 5.60 Å². The van der Waals surface area contributed by atoms with E-state index in [1.54, 1.807) is 0 Å². The van der Waals surface area contributed by atoms with Crippen molar-refractivity contribution in [3.8, 4) is 12.3 Å². The topological polar surface area (TPSA) is 26.3 Å². The van der Waals surface area contributed by atoms with E-state index in [2.05, 4.69) is 54.5 Å². The van der Waals surface area contributed by atoms with Gasteiger partial charge in [-0.1, -0.05) is 48.7 Å². The first-order valence-electron chi connectivity index (χ1n) is 10.4. The van der Waals surface area contributed by atoms with E-state index >= 15 is 0 Å². The molecule has 0 aromatic heterocycles. The molecule has 4 rings (SSSR count). The number of terminal acetylenes is 1. The van der Waals surface area contributed by atoms with Crippen LogP contribution in [0.3, 0.4) is 0 Å². The molecule has 0 atom stereocenters. The fourth-order valence-electron chi connectivity index (χ4n) is 3.88. The van der Waals surface area contributed by atoms with Crippen molar-refractivity contribution in [2.45, 2.75) is 52.4 Å². The van der Waals surface area contributed by atoms with Gasteiger partial charge in [0.2, 0.25) is 0 Å². The van der Waals surface area contributed by atoms with E-state index in [9.17, 15) is 4.79 Å². The Kier molecular flexibility index (Phi) is 6.26. The monoisotopic (exact) mass is 413 g/mol. The molecule has 0 N–H and O–H groups in total. The summed E-state index contributed by atoms with van der Waals surface area (Å²) in [5.74, 6) is 2.42. The van der Waals surface area contributed by atoms with Gasteiger partial charge in [0.05, 0.1) is 16.5 Å². The van der Waals surface area contributed by atoms with Crippen molar-refractivity contribution >= 4 is 16.9 Å². The summed E-state index contributed by atoms with van der Waals surface area (Å²) in [5, 5.41) is 0. The Labute approximate surface area is 181 Å². The number of hydrogen-bond donors (Lipinski definition) is 0. The van der Waals surface area contributed by atoms with Gasteiger partial charge in [-0.25, -0.2) is 4.79 Å². The maximum absolute atomic E-state index is 12.8. The Morgan fingerprint density at radius 2 is 1.27 bits per heavy atom. The Bertz CT molecular complexity index is 974. The van der Waals surface area contributed by atoms with Crippen LogP contribution in [0.25, 0.3) is 0 Å². The second-order valence-electron chi connectivity index (χ2n) is 7.55. The van der Waals surface area contributed by atoms with Crippen molar-refractivity contribution in [3.63, 3.8) is 0 Å². The van der Waals surface area contributed by atoms with Crippen LogP contribution in [0.2, 0.25) is 0 Å². The Balaban J connectivity index is 1.59. The maximum atomic E-state index is 12.8. The van der Waals surface area contributed by atoms with Crippen molar-refractivity contribution in [3.05, 3.63) is 90.5 Å². The molecule has 1 saturated carbocycles. The third-order valence-corrected chi connectivity index (χ3v) is 7.73. The van der Waals surface area contributed by atoms with Gasteiger partial charge >= 0.3 is 5.97 Å². The van der Waals surface area contributed by atoms with Crippen LogP contribution >= 0.6 is 0 Å². The molecule has 150 valence electrons. The number of carbonyl (C=O) groups excluding carboxylic acids is 1. The lowest BCUT2D eigenvalue weighted by Crippen LogP contribution is -2.35. The SMILES string of the molecule is C#CC1(OC(=O)c2ccc([S+](c3ccccc3)c3ccccc3)cc2)CCCCC1. The quantitative estimate of drug-likeness (QED) is 0.280. The molecule has 30 heavy (non-hydrogen) atoms. The van der Waals surface area contributed by atoms with Gasteiger partial charge in [0.1, 0.15) is 0 Å². The minimum absolute atomic E-state index is 0.237. The molecule has 0 heterocycles. The summed E-state index contributed by atoms with van der Waals surface area (Å²) >= 11 is 0. The number of benzene rings is 3. The van der Waals surface area contributed by atoms with E-state index in [1.807, 2.05) is 36.4 Å². The first-order valence-corrected chi connectivity index (χ1v) is 11.6. The number of ether oxygens (including phenoxy) is 1.